The van der Waals surface area contributed by atoms with Crippen LogP contribution in [-0.2, 0) is 4.79 Å². The van der Waals surface area contributed by atoms with E-state index in [-0.39, 0.29) is 17.3 Å². The molecule has 108 valence electrons. The second kappa shape index (κ2) is 7.91. The molecule has 0 aromatic heterocycles. The van der Waals surface area contributed by atoms with Gasteiger partial charge < -0.3 is 0 Å². The average molecular weight is 296 g/mol. The van der Waals surface area contributed by atoms with E-state index in [4.69, 9.17) is 0 Å². The number of alkyl halides is 6. The monoisotopic (exact) mass is 296 g/mol. The van der Waals surface area contributed by atoms with Gasteiger partial charge >= 0.3 is 6.18 Å². The number of rotatable bonds is 7. The summed E-state index contributed by atoms with van der Waals surface area (Å²) in [6.45, 7) is 1.58. The summed E-state index contributed by atoms with van der Waals surface area (Å²) in [5.74, 6) is -0.0764. The topological polar surface area (TPSA) is 17.1 Å². The lowest BCUT2D eigenvalue weighted by atomic mass is 10.1. The summed E-state index contributed by atoms with van der Waals surface area (Å²) in [4.78, 5) is 10.8. The molecule has 0 saturated carbocycles. The number of carbonyl (C=O) groups is 1. The molecule has 0 rings (SSSR count). The number of halogens is 6. The fourth-order valence-corrected chi connectivity index (χ4v) is 1.88. The van der Waals surface area contributed by atoms with Gasteiger partial charge in [-0.2, -0.15) is 13.2 Å². The fourth-order valence-electron chi connectivity index (χ4n) is 1.11. The third-order valence-corrected chi connectivity index (χ3v) is 3.11. The molecule has 0 N–H and O–H groups in total. The molecule has 1 nitrogen and oxygen atoms in total. The molecule has 0 radical (unpaired) electrons. The van der Waals surface area contributed by atoms with Gasteiger partial charge in [0.25, 0.3) is 0 Å². The van der Waals surface area contributed by atoms with Crippen molar-refractivity contribution in [2.75, 3.05) is 5.75 Å². The quantitative estimate of drug-likeness (QED) is 0.660. The van der Waals surface area contributed by atoms with Gasteiger partial charge in [0.05, 0.1) is 6.42 Å². The summed E-state index contributed by atoms with van der Waals surface area (Å²) in [7, 11) is 0. The molecule has 0 aromatic carbocycles. The van der Waals surface area contributed by atoms with E-state index < -0.39 is 37.5 Å². The molecule has 0 aliphatic rings. The minimum absolute atomic E-state index is 0.0764. The van der Waals surface area contributed by atoms with Crippen molar-refractivity contribution in [3.8, 4) is 0 Å². The Morgan fingerprint density at radius 1 is 1.17 bits per heavy atom. The Hall–Kier alpha value is -0.400. The standard InChI is InChI=1S/C10H14F6OS/c1-2-8(17)18-4-3-6(11)9(13)7(12)5-10(14,15)16/h6-7,9H,2-5H2,1H3. The van der Waals surface area contributed by atoms with Crippen LogP contribution in [0.3, 0.4) is 0 Å². The molecule has 0 bridgehead atoms. The van der Waals surface area contributed by atoms with Crippen LogP contribution < -0.4 is 0 Å². The molecule has 0 spiro atoms. The van der Waals surface area contributed by atoms with E-state index in [9.17, 15) is 31.1 Å². The Morgan fingerprint density at radius 3 is 2.17 bits per heavy atom. The molecule has 3 unspecified atom stereocenters. The molecule has 3 atom stereocenters. The molecule has 0 saturated heterocycles. The van der Waals surface area contributed by atoms with Crippen molar-refractivity contribution < 1.29 is 31.1 Å². The molecule has 18 heavy (non-hydrogen) atoms. The SMILES string of the molecule is CCC(=O)SCCC(F)C(F)C(F)CC(F)(F)F. The average Bonchev–Trinajstić information content (AvgIpc) is 2.25. The van der Waals surface area contributed by atoms with Crippen molar-refractivity contribution in [2.45, 2.75) is 50.9 Å². The number of thioether (sulfide) groups is 1. The second-order valence-corrected chi connectivity index (χ2v) is 4.81. The molecule has 8 heteroatoms. The lowest BCUT2D eigenvalue weighted by molar-refractivity contribution is -0.153. The first kappa shape index (κ1) is 17.6. The van der Waals surface area contributed by atoms with E-state index in [0.717, 1.165) is 11.8 Å². The Labute approximate surface area is 105 Å². The maximum absolute atomic E-state index is 13.1. The van der Waals surface area contributed by atoms with Gasteiger partial charge in [-0.1, -0.05) is 18.7 Å². The minimum atomic E-state index is -4.86. The van der Waals surface area contributed by atoms with Crippen LogP contribution in [0.2, 0.25) is 0 Å². The number of hydrogen-bond donors (Lipinski definition) is 0. The van der Waals surface area contributed by atoms with Crippen molar-refractivity contribution in [3.63, 3.8) is 0 Å². The lowest BCUT2D eigenvalue weighted by Gasteiger charge is -2.18. The van der Waals surface area contributed by atoms with E-state index >= 15 is 0 Å². The van der Waals surface area contributed by atoms with Gasteiger partial charge in [-0.05, 0) is 6.42 Å². The van der Waals surface area contributed by atoms with Crippen LogP contribution in [0.1, 0.15) is 26.2 Å². The van der Waals surface area contributed by atoms with Crippen LogP contribution in [0.15, 0.2) is 0 Å². The molecule has 0 fully saturated rings. The number of carbonyl (C=O) groups excluding carboxylic acids is 1. The Morgan fingerprint density at radius 2 is 1.72 bits per heavy atom. The van der Waals surface area contributed by atoms with Crippen LogP contribution in [-0.4, -0.2) is 35.6 Å². The molecule has 0 aliphatic heterocycles. The van der Waals surface area contributed by atoms with Crippen molar-refractivity contribution in [3.05, 3.63) is 0 Å². The zero-order valence-electron chi connectivity index (χ0n) is 9.64. The maximum Gasteiger partial charge on any atom is 0.392 e. The smallest absolute Gasteiger partial charge is 0.287 e. The highest BCUT2D eigenvalue weighted by atomic mass is 32.2. The van der Waals surface area contributed by atoms with Crippen molar-refractivity contribution >= 4 is 16.9 Å². The Kier molecular flexibility index (Phi) is 7.73. The Bertz CT molecular complexity index is 257. The highest BCUT2D eigenvalue weighted by molar-refractivity contribution is 8.13. The zero-order chi connectivity index (χ0) is 14.3. The van der Waals surface area contributed by atoms with Crippen LogP contribution in [0.5, 0.6) is 0 Å². The van der Waals surface area contributed by atoms with E-state index in [0.29, 0.717) is 0 Å². The molecular weight excluding hydrogens is 282 g/mol. The van der Waals surface area contributed by atoms with Gasteiger partial charge in [0.15, 0.2) is 11.3 Å². The first-order chi connectivity index (χ1) is 8.17. The van der Waals surface area contributed by atoms with E-state index in [1.54, 1.807) is 6.92 Å². The van der Waals surface area contributed by atoms with Crippen LogP contribution in [0.4, 0.5) is 26.3 Å². The molecular formula is C10H14F6OS. The predicted molar refractivity (Wildman–Crippen MR) is 57.7 cm³/mol. The molecule has 0 amide bonds. The summed E-state index contributed by atoms with van der Waals surface area (Å²) >= 11 is 0.757. The highest BCUT2D eigenvalue weighted by Gasteiger charge is 2.39. The van der Waals surface area contributed by atoms with E-state index in [1.165, 1.54) is 0 Å². The summed E-state index contributed by atoms with van der Waals surface area (Å²) in [5.41, 5.74) is 0. The van der Waals surface area contributed by atoms with Crippen molar-refractivity contribution in [1.82, 2.24) is 0 Å². The predicted octanol–water partition coefficient (Wildman–Crippen LogP) is 4.01. The maximum atomic E-state index is 13.1. The Balaban J connectivity index is 4.01. The van der Waals surface area contributed by atoms with Gasteiger partial charge in [0, 0.05) is 12.2 Å². The van der Waals surface area contributed by atoms with Crippen molar-refractivity contribution in [2.24, 2.45) is 0 Å². The summed E-state index contributed by atoms with van der Waals surface area (Å²) in [6, 6.07) is 0. The highest BCUT2D eigenvalue weighted by Crippen LogP contribution is 2.28. The second-order valence-electron chi connectivity index (χ2n) is 3.66. The van der Waals surface area contributed by atoms with E-state index in [2.05, 4.69) is 0 Å². The first-order valence-corrected chi connectivity index (χ1v) is 6.30. The summed E-state index contributed by atoms with van der Waals surface area (Å²) in [5, 5.41) is -0.232. The van der Waals surface area contributed by atoms with Crippen LogP contribution in [0.25, 0.3) is 0 Å². The summed E-state index contributed by atoms with van der Waals surface area (Å²) < 4.78 is 74.1. The summed E-state index contributed by atoms with van der Waals surface area (Å²) in [6.07, 6.45) is -15.2. The van der Waals surface area contributed by atoms with Crippen molar-refractivity contribution in [1.29, 1.82) is 0 Å². The van der Waals surface area contributed by atoms with Gasteiger partial charge in [-0.15, -0.1) is 0 Å². The van der Waals surface area contributed by atoms with Gasteiger partial charge in [0.2, 0.25) is 0 Å². The normalized spacial score (nSPS) is 17.3. The minimum Gasteiger partial charge on any atom is -0.287 e. The van der Waals surface area contributed by atoms with E-state index in [1.807, 2.05) is 0 Å². The fraction of sp³-hybridized carbons (Fsp3) is 0.900. The van der Waals surface area contributed by atoms with Crippen LogP contribution >= 0.6 is 11.8 Å². The largest absolute Gasteiger partial charge is 0.392 e. The van der Waals surface area contributed by atoms with Gasteiger partial charge in [-0.3, -0.25) is 4.79 Å². The van der Waals surface area contributed by atoms with Gasteiger partial charge in [0.1, 0.15) is 12.3 Å². The molecule has 0 aromatic rings. The third-order valence-electron chi connectivity index (χ3n) is 2.06. The zero-order valence-corrected chi connectivity index (χ0v) is 10.5. The number of hydrogen-bond acceptors (Lipinski definition) is 2. The molecule has 0 aliphatic carbocycles. The third kappa shape index (κ3) is 7.84. The lowest BCUT2D eigenvalue weighted by Crippen LogP contribution is -2.32. The first-order valence-electron chi connectivity index (χ1n) is 5.32. The van der Waals surface area contributed by atoms with Crippen LogP contribution in [0, 0.1) is 0 Å². The molecule has 0 heterocycles. The van der Waals surface area contributed by atoms with Gasteiger partial charge in [-0.25, -0.2) is 13.2 Å².